The summed E-state index contributed by atoms with van der Waals surface area (Å²) < 4.78 is 7.97. The average Bonchev–Trinajstić information content (AvgIpc) is 3.05. The minimum Gasteiger partial charge on any atom is -0.373 e. The number of hydrogen-bond donors (Lipinski definition) is 1. The highest BCUT2D eigenvalue weighted by Gasteiger charge is 2.33. The second-order valence-corrected chi connectivity index (χ2v) is 6.04. The van der Waals surface area contributed by atoms with Gasteiger partial charge in [-0.25, -0.2) is 0 Å². The van der Waals surface area contributed by atoms with Crippen LogP contribution >= 0.6 is 0 Å². The summed E-state index contributed by atoms with van der Waals surface area (Å²) >= 11 is 0. The van der Waals surface area contributed by atoms with E-state index >= 15 is 0 Å². The second-order valence-electron chi connectivity index (χ2n) is 6.04. The zero-order valence-electron chi connectivity index (χ0n) is 13.5. The van der Waals surface area contributed by atoms with Crippen molar-refractivity contribution < 1.29 is 4.74 Å². The van der Waals surface area contributed by atoms with Crippen molar-refractivity contribution in [1.82, 2.24) is 20.1 Å². The van der Waals surface area contributed by atoms with Gasteiger partial charge in [0.25, 0.3) is 0 Å². The smallest absolute Gasteiger partial charge is 0.0901 e. The van der Waals surface area contributed by atoms with Crippen LogP contribution in [0.5, 0.6) is 0 Å². The normalized spacial score (nSPS) is 21.4. The van der Waals surface area contributed by atoms with Gasteiger partial charge in [-0.15, -0.1) is 0 Å². The molecule has 5 nitrogen and oxygen atoms in total. The van der Waals surface area contributed by atoms with Gasteiger partial charge in [0.15, 0.2) is 0 Å². The Labute approximate surface area is 131 Å². The quantitative estimate of drug-likeness (QED) is 0.920. The zero-order chi connectivity index (χ0) is 15.5. The molecular weight excluding hydrogens is 276 g/mol. The number of pyridine rings is 1. The number of rotatable bonds is 5. The lowest BCUT2D eigenvalue weighted by Crippen LogP contribution is -2.25. The van der Waals surface area contributed by atoms with E-state index in [0.29, 0.717) is 5.92 Å². The molecule has 0 radical (unpaired) electrons. The lowest BCUT2D eigenvalue weighted by molar-refractivity contribution is 0.0893. The summed E-state index contributed by atoms with van der Waals surface area (Å²) in [4.78, 5) is 4.15. The molecule has 1 aliphatic rings. The van der Waals surface area contributed by atoms with Gasteiger partial charge >= 0.3 is 0 Å². The van der Waals surface area contributed by atoms with Crippen molar-refractivity contribution in [3.05, 3.63) is 47.0 Å². The van der Waals surface area contributed by atoms with Gasteiger partial charge < -0.3 is 10.1 Å². The molecule has 5 heteroatoms. The summed E-state index contributed by atoms with van der Waals surface area (Å²) in [5.74, 6) is 0.498. The van der Waals surface area contributed by atoms with E-state index in [1.165, 1.54) is 16.8 Å². The van der Waals surface area contributed by atoms with E-state index in [1.54, 1.807) is 6.20 Å². The summed E-state index contributed by atoms with van der Waals surface area (Å²) in [6.07, 6.45) is 4.97. The van der Waals surface area contributed by atoms with Crippen LogP contribution in [-0.2, 0) is 18.3 Å². The molecule has 0 amide bonds. The van der Waals surface area contributed by atoms with Gasteiger partial charge in [0.2, 0.25) is 0 Å². The first-order valence-electron chi connectivity index (χ1n) is 7.88. The van der Waals surface area contributed by atoms with Gasteiger partial charge in [-0.2, -0.15) is 5.10 Å². The van der Waals surface area contributed by atoms with Crippen LogP contribution in [0.2, 0.25) is 0 Å². The fourth-order valence-corrected chi connectivity index (χ4v) is 3.27. The summed E-state index contributed by atoms with van der Waals surface area (Å²) in [5.41, 5.74) is 4.78. The highest BCUT2D eigenvalue weighted by Crippen LogP contribution is 2.37. The van der Waals surface area contributed by atoms with E-state index in [2.05, 4.69) is 35.3 Å². The fourth-order valence-electron chi connectivity index (χ4n) is 3.27. The highest BCUT2D eigenvalue weighted by atomic mass is 16.5. The molecule has 0 saturated carbocycles. The van der Waals surface area contributed by atoms with Crippen LogP contribution in [0.4, 0.5) is 0 Å². The van der Waals surface area contributed by atoms with Crippen molar-refractivity contribution in [1.29, 1.82) is 0 Å². The molecule has 1 N–H and O–H groups in total. The Morgan fingerprint density at radius 3 is 2.95 bits per heavy atom. The maximum atomic E-state index is 6.02. The van der Waals surface area contributed by atoms with Crippen LogP contribution in [0.15, 0.2) is 24.5 Å². The monoisotopic (exact) mass is 300 g/mol. The van der Waals surface area contributed by atoms with Crippen molar-refractivity contribution in [2.75, 3.05) is 13.2 Å². The largest absolute Gasteiger partial charge is 0.373 e. The third-order valence-corrected chi connectivity index (χ3v) is 4.52. The van der Waals surface area contributed by atoms with E-state index in [4.69, 9.17) is 4.74 Å². The van der Waals surface area contributed by atoms with Gasteiger partial charge in [0.1, 0.15) is 0 Å². The third-order valence-electron chi connectivity index (χ3n) is 4.52. The maximum absolute atomic E-state index is 6.02. The van der Waals surface area contributed by atoms with Crippen molar-refractivity contribution in [2.24, 2.45) is 13.0 Å². The number of aryl methyl sites for hydroxylation is 2. The molecule has 3 heterocycles. The van der Waals surface area contributed by atoms with E-state index < -0.39 is 0 Å². The molecule has 118 valence electrons. The fraction of sp³-hybridized carbons (Fsp3) is 0.529. The number of nitrogens with one attached hydrogen (secondary N) is 1. The van der Waals surface area contributed by atoms with Gasteiger partial charge in [-0.1, -0.05) is 6.07 Å². The van der Waals surface area contributed by atoms with E-state index in [1.807, 2.05) is 24.0 Å². The standard InChI is InChI=1S/C17H24N4O/c1-12-16(13(2)21(3)20-12)17-15(6-8-22-17)11-19-10-14-5-4-7-18-9-14/h4-5,7,9,15,17,19H,6,8,10-11H2,1-3H3. The van der Waals surface area contributed by atoms with Crippen molar-refractivity contribution in [2.45, 2.75) is 32.9 Å². The topological polar surface area (TPSA) is 52.0 Å². The molecule has 1 saturated heterocycles. The molecule has 2 unspecified atom stereocenters. The Morgan fingerprint density at radius 2 is 2.27 bits per heavy atom. The number of hydrogen-bond acceptors (Lipinski definition) is 4. The third kappa shape index (κ3) is 3.05. The first-order valence-corrected chi connectivity index (χ1v) is 7.88. The molecule has 0 aromatic carbocycles. The van der Waals surface area contributed by atoms with E-state index in [9.17, 15) is 0 Å². The van der Waals surface area contributed by atoms with Gasteiger partial charge in [-0.3, -0.25) is 9.67 Å². The Morgan fingerprint density at radius 1 is 1.41 bits per heavy atom. The lowest BCUT2D eigenvalue weighted by Gasteiger charge is -2.20. The SMILES string of the molecule is Cc1nn(C)c(C)c1C1OCCC1CNCc1cccnc1. The molecule has 1 aliphatic heterocycles. The Balaban J connectivity index is 1.63. The van der Waals surface area contributed by atoms with E-state index in [-0.39, 0.29) is 6.10 Å². The number of ether oxygens (including phenoxy) is 1. The molecule has 2 aromatic rings. The molecular formula is C17H24N4O. The highest BCUT2D eigenvalue weighted by molar-refractivity contribution is 5.28. The van der Waals surface area contributed by atoms with Crippen LogP contribution < -0.4 is 5.32 Å². The predicted octanol–water partition coefficient (Wildman–Crippen LogP) is 2.30. The lowest BCUT2D eigenvalue weighted by atomic mass is 9.94. The molecule has 2 atom stereocenters. The first kappa shape index (κ1) is 15.2. The Bertz CT molecular complexity index is 623. The molecule has 22 heavy (non-hydrogen) atoms. The Kier molecular flexibility index (Phi) is 4.55. The van der Waals surface area contributed by atoms with Crippen molar-refractivity contribution >= 4 is 0 Å². The maximum Gasteiger partial charge on any atom is 0.0901 e. The van der Waals surface area contributed by atoms with Crippen LogP contribution in [-0.4, -0.2) is 27.9 Å². The van der Waals surface area contributed by atoms with Gasteiger partial charge in [-0.05, 0) is 31.9 Å². The van der Waals surface area contributed by atoms with Crippen molar-refractivity contribution in [3.63, 3.8) is 0 Å². The molecule has 0 spiro atoms. The second kappa shape index (κ2) is 6.58. The average molecular weight is 300 g/mol. The minimum absolute atomic E-state index is 0.162. The van der Waals surface area contributed by atoms with Crippen LogP contribution in [0.1, 0.15) is 35.0 Å². The molecule has 2 aromatic heterocycles. The zero-order valence-corrected chi connectivity index (χ0v) is 13.5. The van der Waals surface area contributed by atoms with Crippen LogP contribution in [0, 0.1) is 19.8 Å². The summed E-state index contributed by atoms with van der Waals surface area (Å²) in [5, 5.41) is 8.07. The summed E-state index contributed by atoms with van der Waals surface area (Å²) in [6, 6.07) is 4.07. The number of aromatic nitrogens is 3. The molecule has 0 aliphatic carbocycles. The summed E-state index contributed by atoms with van der Waals surface area (Å²) in [7, 11) is 2.00. The molecule has 0 bridgehead atoms. The van der Waals surface area contributed by atoms with Crippen molar-refractivity contribution in [3.8, 4) is 0 Å². The molecule has 1 fully saturated rings. The Hall–Kier alpha value is -1.72. The van der Waals surface area contributed by atoms with Crippen LogP contribution in [0.3, 0.4) is 0 Å². The first-order chi connectivity index (χ1) is 10.7. The van der Waals surface area contributed by atoms with Gasteiger partial charge in [0, 0.05) is 56.3 Å². The summed E-state index contributed by atoms with van der Waals surface area (Å²) in [6.45, 7) is 6.83. The predicted molar refractivity (Wildman–Crippen MR) is 85.4 cm³/mol. The van der Waals surface area contributed by atoms with E-state index in [0.717, 1.165) is 31.8 Å². The number of nitrogens with zero attached hydrogens (tertiary/aromatic N) is 3. The molecule has 3 rings (SSSR count). The minimum atomic E-state index is 0.162. The van der Waals surface area contributed by atoms with Crippen LogP contribution in [0.25, 0.3) is 0 Å². The van der Waals surface area contributed by atoms with Gasteiger partial charge in [0.05, 0.1) is 11.8 Å².